The highest BCUT2D eigenvalue weighted by atomic mass is 16.7. The Morgan fingerprint density at radius 1 is 1.14 bits per heavy atom. The van der Waals surface area contributed by atoms with Crippen LogP contribution in [0.15, 0.2) is 48.5 Å². The van der Waals surface area contributed by atoms with Crippen LogP contribution in [0.2, 0.25) is 0 Å². The van der Waals surface area contributed by atoms with Crippen LogP contribution in [0.3, 0.4) is 0 Å². The van der Waals surface area contributed by atoms with Crippen molar-refractivity contribution in [3.63, 3.8) is 0 Å². The molecule has 0 spiro atoms. The average molecular weight is 384 g/mol. The van der Waals surface area contributed by atoms with E-state index in [9.17, 15) is 9.59 Å². The molecule has 28 heavy (non-hydrogen) atoms. The highest BCUT2D eigenvalue weighted by Gasteiger charge is 2.17. The maximum Gasteiger partial charge on any atom is 0.343 e. The summed E-state index contributed by atoms with van der Waals surface area (Å²) in [6.07, 6.45) is 4.02. The fourth-order valence-corrected chi connectivity index (χ4v) is 2.66. The predicted molar refractivity (Wildman–Crippen MR) is 101 cm³/mol. The summed E-state index contributed by atoms with van der Waals surface area (Å²) in [5.41, 5.74) is 0.964. The predicted octanol–water partition coefficient (Wildman–Crippen LogP) is 3.53. The van der Waals surface area contributed by atoms with E-state index in [-0.39, 0.29) is 12.0 Å². The summed E-state index contributed by atoms with van der Waals surface area (Å²) in [4.78, 5) is 23.0. The lowest BCUT2D eigenvalue weighted by atomic mass is 10.2. The van der Waals surface area contributed by atoms with Crippen molar-refractivity contribution in [2.24, 2.45) is 0 Å². The number of hydrogen-bond donors (Lipinski definition) is 1. The SMILES string of the molecule is COc1cc(/C=C/C(=O)O)ccc1OC(=O)c1ccc(OC2CCCO2)cc1. The van der Waals surface area contributed by atoms with E-state index in [2.05, 4.69) is 0 Å². The average Bonchev–Trinajstić information content (AvgIpc) is 3.20. The number of carbonyl (C=O) groups is 2. The summed E-state index contributed by atoms with van der Waals surface area (Å²) in [7, 11) is 1.44. The monoisotopic (exact) mass is 384 g/mol. The molecule has 7 heteroatoms. The molecule has 1 fully saturated rings. The highest BCUT2D eigenvalue weighted by Crippen LogP contribution is 2.29. The molecule has 0 aliphatic carbocycles. The second-order valence-corrected chi connectivity index (χ2v) is 6.06. The summed E-state index contributed by atoms with van der Waals surface area (Å²) in [6.45, 7) is 0.696. The van der Waals surface area contributed by atoms with Gasteiger partial charge in [0.15, 0.2) is 17.8 Å². The van der Waals surface area contributed by atoms with E-state index in [4.69, 9.17) is 24.1 Å². The van der Waals surface area contributed by atoms with Gasteiger partial charge in [0, 0.05) is 12.5 Å². The Hall–Kier alpha value is -3.32. The lowest BCUT2D eigenvalue weighted by Crippen LogP contribution is -2.14. The summed E-state index contributed by atoms with van der Waals surface area (Å²) in [5.74, 6) is -0.424. The minimum absolute atomic E-state index is 0.236. The van der Waals surface area contributed by atoms with Crippen molar-refractivity contribution in [2.45, 2.75) is 19.1 Å². The van der Waals surface area contributed by atoms with Gasteiger partial charge in [-0.25, -0.2) is 9.59 Å². The van der Waals surface area contributed by atoms with E-state index >= 15 is 0 Å². The summed E-state index contributed by atoms with van der Waals surface area (Å²) in [5, 5.41) is 8.70. The lowest BCUT2D eigenvalue weighted by Gasteiger charge is -2.13. The van der Waals surface area contributed by atoms with Gasteiger partial charge in [0.05, 0.1) is 19.3 Å². The Labute approximate surface area is 162 Å². The van der Waals surface area contributed by atoms with Gasteiger partial charge in [0.25, 0.3) is 0 Å². The number of methoxy groups -OCH3 is 1. The molecule has 146 valence electrons. The van der Waals surface area contributed by atoms with Crippen LogP contribution in [-0.2, 0) is 9.53 Å². The zero-order valence-electron chi connectivity index (χ0n) is 15.3. The van der Waals surface area contributed by atoms with E-state index < -0.39 is 11.9 Å². The van der Waals surface area contributed by atoms with Gasteiger partial charge in [-0.1, -0.05) is 6.07 Å². The molecule has 1 heterocycles. The van der Waals surface area contributed by atoms with Crippen LogP contribution in [0.1, 0.15) is 28.8 Å². The fourth-order valence-electron chi connectivity index (χ4n) is 2.66. The third-order valence-electron chi connectivity index (χ3n) is 4.05. The quantitative estimate of drug-likeness (QED) is 0.444. The first kappa shape index (κ1) is 19.4. The second-order valence-electron chi connectivity index (χ2n) is 6.06. The number of benzene rings is 2. The zero-order chi connectivity index (χ0) is 19.9. The summed E-state index contributed by atoms with van der Waals surface area (Å²) < 4.78 is 21.7. The number of rotatable bonds is 7. The van der Waals surface area contributed by atoms with Gasteiger partial charge in [0.1, 0.15) is 5.75 Å². The Morgan fingerprint density at radius 2 is 1.93 bits per heavy atom. The lowest BCUT2D eigenvalue weighted by molar-refractivity contribution is -0.131. The number of aliphatic carboxylic acids is 1. The van der Waals surface area contributed by atoms with E-state index in [0.29, 0.717) is 29.2 Å². The van der Waals surface area contributed by atoms with Crippen molar-refractivity contribution in [3.05, 3.63) is 59.7 Å². The molecule has 1 aliphatic heterocycles. The highest BCUT2D eigenvalue weighted by molar-refractivity contribution is 5.91. The second kappa shape index (κ2) is 9.05. The van der Waals surface area contributed by atoms with Gasteiger partial charge in [-0.05, 0) is 54.5 Å². The summed E-state index contributed by atoms with van der Waals surface area (Å²) >= 11 is 0. The van der Waals surface area contributed by atoms with Crippen LogP contribution in [0.5, 0.6) is 17.2 Å². The molecule has 7 nitrogen and oxygen atoms in total. The number of carboxylic acid groups (broad SMARTS) is 1. The van der Waals surface area contributed by atoms with Gasteiger partial charge in [0.2, 0.25) is 0 Å². The minimum atomic E-state index is -1.05. The maximum atomic E-state index is 12.4. The molecule has 0 amide bonds. The molecule has 1 unspecified atom stereocenters. The zero-order valence-corrected chi connectivity index (χ0v) is 15.3. The molecule has 1 aliphatic rings. The van der Waals surface area contributed by atoms with Crippen LogP contribution in [0.4, 0.5) is 0 Å². The van der Waals surface area contributed by atoms with E-state index in [1.165, 1.54) is 13.2 Å². The van der Waals surface area contributed by atoms with Gasteiger partial charge in [-0.15, -0.1) is 0 Å². The van der Waals surface area contributed by atoms with Crippen molar-refractivity contribution in [1.29, 1.82) is 0 Å². The Balaban J connectivity index is 1.67. The standard InChI is InChI=1S/C21H20O7/c1-25-18-13-14(5-11-19(22)23)4-10-17(18)28-21(24)15-6-8-16(9-7-15)27-20-3-2-12-26-20/h4-11,13,20H,2-3,12H2,1H3,(H,22,23)/b11-5+. The molecular formula is C21H20O7. The molecule has 0 saturated carbocycles. The van der Waals surface area contributed by atoms with Crippen LogP contribution >= 0.6 is 0 Å². The molecule has 2 aromatic carbocycles. The summed E-state index contributed by atoms with van der Waals surface area (Å²) in [6, 6.07) is 11.4. The number of hydrogen-bond acceptors (Lipinski definition) is 6. The van der Waals surface area contributed by atoms with Crippen molar-refractivity contribution >= 4 is 18.0 Å². The largest absolute Gasteiger partial charge is 0.493 e. The van der Waals surface area contributed by atoms with E-state index in [0.717, 1.165) is 18.9 Å². The maximum absolute atomic E-state index is 12.4. The van der Waals surface area contributed by atoms with Crippen molar-refractivity contribution in [2.75, 3.05) is 13.7 Å². The van der Waals surface area contributed by atoms with Crippen LogP contribution in [0.25, 0.3) is 6.08 Å². The van der Waals surface area contributed by atoms with Crippen molar-refractivity contribution < 1.29 is 33.6 Å². The van der Waals surface area contributed by atoms with Crippen molar-refractivity contribution in [1.82, 2.24) is 0 Å². The topological polar surface area (TPSA) is 91.3 Å². The number of carbonyl (C=O) groups excluding carboxylic acids is 1. The molecule has 0 bridgehead atoms. The fraction of sp³-hybridized carbons (Fsp3) is 0.238. The molecular weight excluding hydrogens is 364 g/mol. The van der Waals surface area contributed by atoms with E-state index in [1.54, 1.807) is 42.5 Å². The first-order valence-electron chi connectivity index (χ1n) is 8.75. The van der Waals surface area contributed by atoms with Crippen LogP contribution < -0.4 is 14.2 Å². The van der Waals surface area contributed by atoms with Gasteiger partial charge >= 0.3 is 11.9 Å². The molecule has 0 radical (unpaired) electrons. The minimum Gasteiger partial charge on any atom is -0.493 e. The van der Waals surface area contributed by atoms with Crippen LogP contribution in [0, 0.1) is 0 Å². The van der Waals surface area contributed by atoms with Crippen molar-refractivity contribution in [3.8, 4) is 17.2 Å². The normalized spacial score (nSPS) is 16.1. The smallest absolute Gasteiger partial charge is 0.343 e. The Kier molecular flexibility index (Phi) is 6.29. The third kappa shape index (κ3) is 5.11. The molecule has 1 atom stereocenters. The molecule has 1 saturated heterocycles. The molecule has 2 aromatic rings. The third-order valence-corrected chi connectivity index (χ3v) is 4.05. The number of carboxylic acids is 1. The van der Waals surface area contributed by atoms with Gasteiger partial charge < -0.3 is 24.1 Å². The number of esters is 1. The van der Waals surface area contributed by atoms with Crippen LogP contribution in [-0.4, -0.2) is 37.1 Å². The van der Waals surface area contributed by atoms with Gasteiger partial charge in [-0.3, -0.25) is 0 Å². The Bertz CT molecular complexity index is 865. The molecule has 0 aromatic heterocycles. The molecule has 1 N–H and O–H groups in total. The number of ether oxygens (including phenoxy) is 4. The Morgan fingerprint density at radius 3 is 2.57 bits per heavy atom. The molecule has 3 rings (SSSR count). The first-order chi connectivity index (χ1) is 13.5. The van der Waals surface area contributed by atoms with E-state index in [1.807, 2.05) is 0 Å². The first-order valence-corrected chi connectivity index (χ1v) is 8.75. The van der Waals surface area contributed by atoms with Gasteiger partial charge in [-0.2, -0.15) is 0 Å².